The summed E-state index contributed by atoms with van der Waals surface area (Å²) in [6, 6.07) is 7.55. The number of rotatable bonds is 10. The SMILES string of the molecule is CCCCCC1=NC(CCCCC)(c2ccccc2C(N)=O)C=N1. The average molecular weight is 327 g/mol. The van der Waals surface area contributed by atoms with E-state index in [-0.39, 0.29) is 0 Å². The third-order valence-corrected chi connectivity index (χ3v) is 4.58. The van der Waals surface area contributed by atoms with Crippen LogP contribution < -0.4 is 5.73 Å². The van der Waals surface area contributed by atoms with Crippen molar-refractivity contribution >= 4 is 18.0 Å². The van der Waals surface area contributed by atoms with Crippen molar-refractivity contribution in [2.24, 2.45) is 15.7 Å². The van der Waals surface area contributed by atoms with Gasteiger partial charge in [-0.2, -0.15) is 0 Å². The van der Waals surface area contributed by atoms with Gasteiger partial charge in [0.2, 0.25) is 5.91 Å². The zero-order valence-electron chi connectivity index (χ0n) is 14.9. The molecule has 1 heterocycles. The molecule has 0 radical (unpaired) electrons. The number of primary amides is 1. The van der Waals surface area contributed by atoms with E-state index in [2.05, 4.69) is 18.8 Å². The van der Waals surface area contributed by atoms with Crippen molar-refractivity contribution in [3.05, 3.63) is 35.4 Å². The highest BCUT2D eigenvalue weighted by atomic mass is 16.1. The fraction of sp³-hybridized carbons (Fsp3) is 0.550. The largest absolute Gasteiger partial charge is 0.366 e. The first-order valence-electron chi connectivity index (χ1n) is 9.16. The zero-order chi connectivity index (χ0) is 17.4. The highest BCUT2D eigenvalue weighted by Gasteiger charge is 2.36. The first kappa shape index (κ1) is 18.4. The molecule has 1 amide bonds. The summed E-state index contributed by atoms with van der Waals surface area (Å²) in [5, 5.41) is 0. The second-order valence-corrected chi connectivity index (χ2v) is 6.53. The molecule has 0 saturated carbocycles. The number of amides is 1. The lowest BCUT2D eigenvalue weighted by molar-refractivity contribution is 0.0998. The molecule has 0 bridgehead atoms. The molecular formula is C20H29N3O. The Balaban J connectivity index is 2.33. The van der Waals surface area contributed by atoms with Crippen LogP contribution in [0.2, 0.25) is 0 Å². The van der Waals surface area contributed by atoms with Gasteiger partial charge >= 0.3 is 0 Å². The molecule has 1 aliphatic heterocycles. The third kappa shape index (κ3) is 4.31. The summed E-state index contributed by atoms with van der Waals surface area (Å²) >= 11 is 0. The number of carbonyl (C=O) groups excluding carboxylic acids is 1. The molecule has 1 aromatic carbocycles. The first-order valence-corrected chi connectivity index (χ1v) is 9.16. The summed E-state index contributed by atoms with van der Waals surface area (Å²) in [6.07, 6.45) is 10.5. The average Bonchev–Trinajstić information content (AvgIpc) is 3.00. The highest BCUT2D eigenvalue weighted by Crippen LogP contribution is 2.36. The molecule has 0 aliphatic carbocycles. The minimum absolute atomic E-state index is 0.400. The van der Waals surface area contributed by atoms with E-state index in [1.54, 1.807) is 6.07 Å². The number of hydrogen-bond acceptors (Lipinski definition) is 3. The molecule has 1 unspecified atom stereocenters. The normalized spacial score (nSPS) is 19.5. The quantitative estimate of drug-likeness (QED) is 0.626. The van der Waals surface area contributed by atoms with E-state index in [1.807, 2.05) is 24.4 Å². The van der Waals surface area contributed by atoms with Crippen molar-refractivity contribution in [3.8, 4) is 0 Å². The maximum atomic E-state index is 11.9. The number of nitrogens with two attached hydrogens (primary N) is 1. The first-order chi connectivity index (χ1) is 11.6. The molecule has 0 fully saturated rings. The van der Waals surface area contributed by atoms with Crippen LogP contribution in [0.5, 0.6) is 0 Å². The topological polar surface area (TPSA) is 67.8 Å². The standard InChI is InChI=1S/C20H29N3O/c1-3-5-7-13-18-22-15-20(23-18,14-10-6-4-2)17-12-9-8-11-16(17)19(21)24/h8-9,11-12,15H,3-7,10,13-14H2,1-2H3,(H2,21,24). The number of carbonyl (C=O) groups is 1. The van der Waals surface area contributed by atoms with Gasteiger partial charge in [0.05, 0.1) is 0 Å². The third-order valence-electron chi connectivity index (χ3n) is 4.58. The minimum Gasteiger partial charge on any atom is -0.366 e. The summed E-state index contributed by atoms with van der Waals surface area (Å²) in [7, 11) is 0. The monoisotopic (exact) mass is 327 g/mol. The van der Waals surface area contributed by atoms with E-state index < -0.39 is 11.4 Å². The van der Waals surface area contributed by atoms with Crippen molar-refractivity contribution in [1.29, 1.82) is 0 Å². The van der Waals surface area contributed by atoms with E-state index >= 15 is 0 Å². The van der Waals surface area contributed by atoms with Gasteiger partial charge in [0.25, 0.3) is 0 Å². The van der Waals surface area contributed by atoms with Crippen molar-refractivity contribution in [3.63, 3.8) is 0 Å². The molecule has 2 N–H and O–H groups in total. The van der Waals surface area contributed by atoms with Crippen LogP contribution in [0, 0.1) is 0 Å². The second kappa shape index (κ2) is 8.76. The Hall–Kier alpha value is -1.97. The molecule has 24 heavy (non-hydrogen) atoms. The summed E-state index contributed by atoms with van der Waals surface area (Å²) in [4.78, 5) is 21.4. The van der Waals surface area contributed by atoms with Gasteiger partial charge in [0.15, 0.2) is 0 Å². The van der Waals surface area contributed by atoms with Crippen LogP contribution in [0.15, 0.2) is 34.3 Å². The van der Waals surface area contributed by atoms with E-state index in [0.717, 1.165) is 49.9 Å². The lowest BCUT2D eigenvalue weighted by Crippen LogP contribution is -2.28. The Morgan fingerprint density at radius 2 is 1.79 bits per heavy atom. The molecular weight excluding hydrogens is 298 g/mol. The van der Waals surface area contributed by atoms with Crippen molar-refractivity contribution in [1.82, 2.24) is 0 Å². The second-order valence-electron chi connectivity index (χ2n) is 6.53. The van der Waals surface area contributed by atoms with Gasteiger partial charge in [-0.05, 0) is 24.5 Å². The lowest BCUT2D eigenvalue weighted by Gasteiger charge is -2.25. The van der Waals surface area contributed by atoms with Gasteiger partial charge in [-0.25, -0.2) is 4.99 Å². The van der Waals surface area contributed by atoms with Gasteiger partial charge < -0.3 is 5.73 Å². The fourth-order valence-electron chi connectivity index (χ4n) is 3.23. The van der Waals surface area contributed by atoms with Crippen LogP contribution in [-0.4, -0.2) is 18.0 Å². The number of aliphatic imine (C=N–C) groups is 2. The number of hydrogen-bond donors (Lipinski definition) is 1. The smallest absolute Gasteiger partial charge is 0.249 e. The van der Waals surface area contributed by atoms with Gasteiger partial charge in [0.1, 0.15) is 11.4 Å². The Bertz CT molecular complexity index is 621. The number of nitrogens with zero attached hydrogens (tertiary/aromatic N) is 2. The van der Waals surface area contributed by atoms with Crippen molar-refractivity contribution in [2.45, 2.75) is 70.8 Å². The van der Waals surface area contributed by atoms with Crippen LogP contribution in [0.1, 0.15) is 81.1 Å². The number of amidine groups is 1. The lowest BCUT2D eigenvalue weighted by atomic mass is 9.83. The molecule has 4 nitrogen and oxygen atoms in total. The maximum absolute atomic E-state index is 11.9. The van der Waals surface area contributed by atoms with Crippen LogP contribution in [0.4, 0.5) is 0 Å². The van der Waals surface area contributed by atoms with E-state index in [0.29, 0.717) is 5.56 Å². The molecule has 0 saturated heterocycles. The molecule has 4 heteroatoms. The Morgan fingerprint density at radius 3 is 2.50 bits per heavy atom. The minimum atomic E-state index is -0.525. The molecule has 2 rings (SSSR count). The van der Waals surface area contributed by atoms with Gasteiger partial charge in [0, 0.05) is 18.2 Å². The predicted molar refractivity (Wildman–Crippen MR) is 101 cm³/mol. The van der Waals surface area contributed by atoms with Crippen LogP contribution >= 0.6 is 0 Å². The number of benzene rings is 1. The molecule has 1 atom stereocenters. The molecule has 1 aliphatic rings. The van der Waals surface area contributed by atoms with Gasteiger partial charge in [-0.3, -0.25) is 9.79 Å². The Kier molecular flexibility index (Phi) is 6.71. The summed E-state index contributed by atoms with van der Waals surface area (Å²) in [5.41, 5.74) is 6.52. The van der Waals surface area contributed by atoms with Crippen LogP contribution in [-0.2, 0) is 5.54 Å². The molecule has 0 spiro atoms. The van der Waals surface area contributed by atoms with E-state index in [4.69, 9.17) is 10.7 Å². The Labute approximate surface area is 145 Å². The molecule has 0 aromatic heterocycles. The highest BCUT2D eigenvalue weighted by molar-refractivity contribution is 6.01. The van der Waals surface area contributed by atoms with Gasteiger partial charge in [-0.1, -0.05) is 64.2 Å². The summed E-state index contributed by atoms with van der Waals surface area (Å²) < 4.78 is 0. The molecule has 1 aromatic rings. The predicted octanol–water partition coefficient (Wildman–Crippen LogP) is 4.62. The van der Waals surface area contributed by atoms with Crippen LogP contribution in [0.25, 0.3) is 0 Å². The van der Waals surface area contributed by atoms with Crippen LogP contribution in [0.3, 0.4) is 0 Å². The Morgan fingerprint density at radius 1 is 1.08 bits per heavy atom. The van der Waals surface area contributed by atoms with Crippen molar-refractivity contribution < 1.29 is 4.79 Å². The number of unbranched alkanes of at least 4 members (excludes halogenated alkanes) is 4. The van der Waals surface area contributed by atoms with Gasteiger partial charge in [-0.15, -0.1) is 0 Å². The van der Waals surface area contributed by atoms with E-state index in [9.17, 15) is 4.79 Å². The zero-order valence-corrected chi connectivity index (χ0v) is 14.9. The fourth-order valence-corrected chi connectivity index (χ4v) is 3.23. The maximum Gasteiger partial charge on any atom is 0.249 e. The molecule has 130 valence electrons. The summed E-state index contributed by atoms with van der Waals surface area (Å²) in [5.74, 6) is 0.503. The summed E-state index contributed by atoms with van der Waals surface area (Å²) in [6.45, 7) is 4.38. The van der Waals surface area contributed by atoms with Crippen molar-refractivity contribution in [2.75, 3.05) is 0 Å². The van der Waals surface area contributed by atoms with E-state index in [1.165, 1.54) is 12.8 Å².